The molecular formula is C11H16F3N3O. The van der Waals surface area contributed by atoms with Crippen LogP contribution in [0.2, 0.25) is 0 Å². The molecule has 0 aliphatic carbocycles. The Morgan fingerprint density at radius 1 is 1.22 bits per heavy atom. The number of hydrogen-bond donors (Lipinski definition) is 1. The van der Waals surface area contributed by atoms with Crippen LogP contribution in [-0.4, -0.2) is 50.3 Å². The fourth-order valence-corrected chi connectivity index (χ4v) is 1.16. The highest BCUT2D eigenvalue weighted by Gasteiger charge is 2.10. The van der Waals surface area contributed by atoms with Gasteiger partial charge in [0.05, 0.1) is 13.2 Å². The lowest BCUT2D eigenvalue weighted by atomic mass is 10.4. The van der Waals surface area contributed by atoms with E-state index in [2.05, 4.69) is 10.3 Å². The van der Waals surface area contributed by atoms with E-state index in [0.717, 1.165) is 6.54 Å². The molecule has 0 atom stereocenters. The number of rotatable bonds is 7. The predicted molar refractivity (Wildman–Crippen MR) is 62.0 cm³/mol. The number of nitrogens with zero attached hydrogens (tertiary/aromatic N) is 2. The summed E-state index contributed by atoms with van der Waals surface area (Å²) in [7, 11) is 3.84. The minimum absolute atomic E-state index is 0.266. The molecule has 0 amide bonds. The van der Waals surface area contributed by atoms with Crippen molar-refractivity contribution in [3.8, 4) is 0 Å². The normalized spacial score (nSPS) is 11.0. The van der Waals surface area contributed by atoms with Gasteiger partial charge in [-0.3, -0.25) is 0 Å². The topological polar surface area (TPSA) is 37.4 Å². The van der Waals surface area contributed by atoms with Crippen molar-refractivity contribution in [3.05, 3.63) is 23.6 Å². The van der Waals surface area contributed by atoms with Crippen molar-refractivity contribution in [2.24, 2.45) is 0 Å². The summed E-state index contributed by atoms with van der Waals surface area (Å²) in [4.78, 5) is 5.09. The van der Waals surface area contributed by atoms with E-state index in [0.29, 0.717) is 19.3 Å². The van der Waals surface area contributed by atoms with Gasteiger partial charge in [-0.25, -0.2) is 8.78 Å². The Hall–Kier alpha value is -1.34. The number of anilines is 1. The van der Waals surface area contributed by atoms with Crippen LogP contribution in [0.4, 0.5) is 19.0 Å². The SMILES string of the molecule is CN(C)CCOCCNc1nc(F)c(F)cc1F. The lowest BCUT2D eigenvalue weighted by Crippen LogP contribution is -2.20. The average molecular weight is 263 g/mol. The minimum atomic E-state index is -1.33. The Labute approximate surface area is 104 Å². The van der Waals surface area contributed by atoms with Crippen LogP contribution >= 0.6 is 0 Å². The smallest absolute Gasteiger partial charge is 0.251 e. The summed E-state index contributed by atoms with van der Waals surface area (Å²) in [5.74, 6) is -3.87. The molecule has 0 spiro atoms. The molecule has 0 aliphatic heterocycles. The fourth-order valence-electron chi connectivity index (χ4n) is 1.16. The molecule has 0 saturated heterocycles. The van der Waals surface area contributed by atoms with Crippen molar-refractivity contribution < 1.29 is 17.9 Å². The van der Waals surface area contributed by atoms with E-state index in [1.165, 1.54) is 0 Å². The summed E-state index contributed by atoms with van der Waals surface area (Å²) >= 11 is 0. The molecule has 0 aliphatic rings. The van der Waals surface area contributed by atoms with Crippen LogP contribution in [0.15, 0.2) is 6.07 Å². The number of nitrogens with one attached hydrogen (secondary N) is 1. The summed E-state index contributed by atoms with van der Waals surface area (Å²) in [5.41, 5.74) is 0. The zero-order valence-corrected chi connectivity index (χ0v) is 10.3. The van der Waals surface area contributed by atoms with Gasteiger partial charge < -0.3 is 15.0 Å². The van der Waals surface area contributed by atoms with E-state index < -0.39 is 17.6 Å². The van der Waals surface area contributed by atoms with E-state index in [9.17, 15) is 13.2 Å². The van der Waals surface area contributed by atoms with Gasteiger partial charge in [-0.15, -0.1) is 0 Å². The molecule has 102 valence electrons. The van der Waals surface area contributed by atoms with E-state index in [1.807, 2.05) is 19.0 Å². The van der Waals surface area contributed by atoms with Crippen molar-refractivity contribution in [2.75, 3.05) is 45.7 Å². The molecular weight excluding hydrogens is 247 g/mol. The monoisotopic (exact) mass is 263 g/mol. The molecule has 0 unspecified atom stereocenters. The first kappa shape index (κ1) is 14.7. The van der Waals surface area contributed by atoms with Crippen LogP contribution in [0.1, 0.15) is 0 Å². The highest BCUT2D eigenvalue weighted by Crippen LogP contribution is 2.13. The summed E-state index contributed by atoms with van der Waals surface area (Å²) in [6.45, 7) is 1.91. The van der Waals surface area contributed by atoms with Crippen LogP contribution in [0, 0.1) is 17.6 Å². The number of aromatic nitrogens is 1. The zero-order chi connectivity index (χ0) is 13.5. The Morgan fingerprint density at radius 3 is 2.61 bits per heavy atom. The van der Waals surface area contributed by atoms with Gasteiger partial charge in [0.1, 0.15) is 0 Å². The zero-order valence-electron chi connectivity index (χ0n) is 10.3. The molecule has 7 heteroatoms. The van der Waals surface area contributed by atoms with Crippen LogP contribution in [-0.2, 0) is 4.74 Å². The Bertz CT molecular complexity index is 388. The number of halogens is 3. The summed E-state index contributed by atoms with van der Waals surface area (Å²) < 4.78 is 43.7. The summed E-state index contributed by atoms with van der Waals surface area (Å²) in [6, 6.07) is 0.456. The first-order chi connectivity index (χ1) is 8.50. The van der Waals surface area contributed by atoms with Gasteiger partial charge in [0.2, 0.25) is 0 Å². The molecule has 1 rings (SSSR count). The second-order valence-corrected chi connectivity index (χ2v) is 3.93. The Kier molecular flexibility index (Phi) is 5.87. The largest absolute Gasteiger partial charge is 0.378 e. The third kappa shape index (κ3) is 4.89. The van der Waals surface area contributed by atoms with Crippen LogP contribution < -0.4 is 5.32 Å². The van der Waals surface area contributed by atoms with Crippen molar-refractivity contribution >= 4 is 5.82 Å². The Balaban J connectivity index is 2.29. The second-order valence-electron chi connectivity index (χ2n) is 3.93. The molecule has 0 fully saturated rings. The molecule has 0 aromatic carbocycles. The van der Waals surface area contributed by atoms with Gasteiger partial charge in [-0.05, 0) is 14.1 Å². The van der Waals surface area contributed by atoms with Crippen LogP contribution in [0.3, 0.4) is 0 Å². The van der Waals surface area contributed by atoms with E-state index in [4.69, 9.17) is 4.74 Å². The average Bonchev–Trinajstić information content (AvgIpc) is 2.29. The first-order valence-corrected chi connectivity index (χ1v) is 5.48. The van der Waals surface area contributed by atoms with Gasteiger partial charge in [0.15, 0.2) is 17.5 Å². The minimum Gasteiger partial charge on any atom is -0.378 e. The number of hydrogen-bond acceptors (Lipinski definition) is 4. The van der Waals surface area contributed by atoms with Crippen LogP contribution in [0.25, 0.3) is 0 Å². The molecule has 1 aromatic heterocycles. The fraction of sp³-hybridized carbons (Fsp3) is 0.545. The number of likely N-dealkylation sites (N-methyl/N-ethyl adjacent to an activating group) is 1. The molecule has 0 saturated carbocycles. The van der Waals surface area contributed by atoms with E-state index >= 15 is 0 Å². The maximum atomic E-state index is 13.1. The molecule has 4 nitrogen and oxygen atoms in total. The third-order valence-electron chi connectivity index (χ3n) is 2.11. The van der Waals surface area contributed by atoms with Gasteiger partial charge in [0.25, 0.3) is 5.95 Å². The standard InChI is InChI=1S/C11H16F3N3O/c1-17(2)4-6-18-5-3-15-11-9(13)7-8(12)10(14)16-11/h7H,3-6H2,1-2H3,(H,15,16). The van der Waals surface area contributed by atoms with E-state index in [-0.39, 0.29) is 12.4 Å². The van der Waals surface area contributed by atoms with Crippen molar-refractivity contribution in [1.82, 2.24) is 9.88 Å². The number of pyridine rings is 1. The lowest BCUT2D eigenvalue weighted by Gasteiger charge is -2.10. The highest BCUT2D eigenvalue weighted by molar-refractivity contribution is 5.35. The predicted octanol–water partition coefficient (Wildman–Crippen LogP) is 1.49. The van der Waals surface area contributed by atoms with Gasteiger partial charge in [-0.1, -0.05) is 0 Å². The number of ether oxygens (including phenoxy) is 1. The van der Waals surface area contributed by atoms with Crippen LogP contribution in [0.5, 0.6) is 0 Å². The lowest BCUT2D eigenvalue weighted by molar-refractivity contribution is 0.126. The second kappa shape index (κ2) is 7.17. The van der Waals surface area contributed by atoms with Gasteiger partial charge in [-0.2, -0.15) is 9.37 Å². The van der Waals surface area contributed by atoms with Gasteiger partial charge >= 0.3 is 0 Å². The first-order valence-electron chi connectivity index (χ1n) is 5.48. The maximum absolute atomic E-state index is 13.1. The van der Waals surface area contributed by atoms with Crippen molar-refractivity contribution in [3.63, 3.8) is 0 Å². The van der Waals surface area contributed by atoms with E-state index in [1.54, 1.807) is 0 Å². The van der Waals surface area contributed by atoms with Crippen molar-refractivity contribution in [2.45, 2.75) is 0 Å². The molecule has 0 radical (unpaired) electrons. The molecule has 1 aromatic rings. The molecule has 1 heterocycles. The molecule has 18 heavy (non-hydrogen) atoms. The molecule has 0 bridgehead atoms. The summed E-state index contributed by atoms with van der Waals surface area (Å²) in [6.07, 6.45) is 0. The Morgan fingerprint density at radius 2 is 1.94 bits per heavy atom. The third-order valence-corrected chi connectivity index (χ3v) is 2.11. The quantitative estimate of drug-likeness (QED) is 0.597. The maximum Gasteiger partial charge on any atom is 0.251 e. The highest BCUT2D eigenvalue weighted by atomic mass is 19.2. The van der Waals surface area contributed by atoms with Crippen molar-refractivity contribution in [1.29, 1.82) is 0 Å². The summed E-state index contributed by atoms with van der Waals surface area (Å²) in [5, 5.41) is 2.54. The van der Waals surface area contributed by atoms with Gasteiger partial charge in [0, 0.05) is 19.2 Å². The molecule has 1 N–H and O–H groups in total.